The smallest absolute Gasteiger partial charge is 0.249 e. The Morgan fingerprint density at radius 3 is 2.18 bits per heavy atom. The zero-order valence-corrected chi connectivity index (χ0v) is 15.6. The normalized spacial score (nSPS) is 9.93. The Morgan fingerprint density at radius 1 is 0.929 bits per heavy atom. The van der Waals surface area contributed by atoms with Crippen molar-refractivity contribution in [2.75, 3.05) is 32.0 Å². The highest BCUT2D eigenvalue weighted by Crippen LogP contribution is 2.40. The number of benzene rings is 2. The van der Waals surface area contributed by atoms with Gasteiger partial charge in [0.1, 0.15) is 22.9 Å². The number of aromatic nitrogens is 3. The van der Waals surface area contributed by atoms with Crippen molar-refractivity contribution in [2.45, 2.75) is 0 Å². The lowest BCUT2D eigenvalue weighted by Gasteiger charge is -2.16. The maximum atomic E-state index is 8.87. The molecule has 0 unspecified atom stereocenters. The Morgan fingerprint density at radius 2 is 1.61 bits per heavy atom. The van der Waals surface area contributed by atoms with Gasteiger partial charge in [-0.3, -0.25) is 0 Å². The number of hydrogen-bond acceptors (Lipinski definition) is 9. The molecular weight excluding hydrogens is 360 g/mol. The maximum absolute atomic E-state index is 8.87. The van der Waals surface area contributed by atoms with Gasteiger partial charge in [0.2, 0.25) is 5.95 Å². The van der Waals surface area contributed by atoms with E-state index in [1.54, 1.807) is 57.7 Å². The van der Waals surface area contributed by atoms with Crippen molar-refractivity contribution in [2.24, 2.45) is 0 Å². The van der Waals surface area contributed by atoms with Gasteiger partial charge in [0.15, 0.2) is 5.82 Å². The lowest BCUT2D eigenvalue weighted by Crippen LogP contribution is -2.04. The van der Waals surface area contributed by atoms with Gasteiger partial charge >= 0.3 is 0 Å². The molecule has 9 heteroatoms. The first-order valence-corrected chi connectivity index (χ1v) is 8.20. The summed E-state index contributed by atoms with van der Waals surface area (Å²) in [5.41, 5.74) is 1.88. The fourth-order valence-corrected chi connectivity index (χ4v) is 2.43. The van der Waals surface area contributed by atoms with Crippen molar-refractivity contribution in [3.05, 3.63) is 48.2 Å². The highest BCUT2D eigenvalue weighted by molar-refractivity contribution is 5.73. The molecule has 0 aliphatic rings. The Hall–Kier alpha value is -4.06. The summed E-state index contributed by atoms with van der Waals surface area (Å²) in [7, 11) is 4.67. The number of hydrogen-bond donors (Lipinski definition) is 2. The Labute approximate surface area is 161 Å². The number of ether oxygens (including phenoxy) is 3. The molecule has 1 aromatic heterocycles. The SMILES string of the molecule is COc1cc(OC)c(Nc2cnnc(Nc3ccc(C#N)cc3)n2)c(OC)c1. The molecule has 0 spiro atoms. The van der Waals surface area contributed by atoms with Crippen LogP contribution in [0.1, 0.15) is 5.56 Å². The van der Waals surface area contributed by atoms with E-state index >= 15 is 0 Å². The van der Waals surface area contributed by atoms with Crippen molar-refractivity contribution in [1.82, 2.24) is 15.2 Å². The van der Waals surface area contributed by atoms with Gasteiger partial charge in [-0.05, 0) is 24.3 Å². The summed E-state index contributed by atoms with van der Waals surface area (Å²) in [6.07, 6.45) is 1.48. The minimum Gasteiger partial charge on any atom is -0.496 e. The number of anilines is 4. The molecule has 0 amide bonds. The first-order chi connectivity index (χ1) is 13.7. The fraction of sp³-hybridized carbons (Fsp3) is 0.158. The van der Waals surface area contributed by atoms with E-state index in [1.807, 2.05) is 0 Å². The van der Waals surface area contributed by atoms with Gasteiger partial charge < -0.3 is 24.8 Å². The van der Waals surface area contributed by atoms with Crippen LogP contribution in [0.2, 0.25) is 0 Å². The summed E-state index contributed by atoms with van der Waals surface area (Å²) in [6, 6.07) is 12.5. The van der Waals surface area contributed by atoms with Crippen LogP contribution in [0, 0.1) is 11.3 Å². The molecule has 0 bridgehead atoms. The van der Waals surface area contributed by atoms with Crippen molar-refractivity contribution in [1.29, 1.82) is 5.26 Å². The van der Waals surface area contributed by atoms with Crippen LogP contribution >= 0.6 is 0 Å². The molecule has 9 nitrogen and oxygen atoms in total. The summed E-state index contributed by atoms with van der Waals surface area (Å²) in [4.78, 5) is 4.40. The summed E-state index contributed by atoms with van der Waals surface area (Å²) >= 11 is 0. The van der Waals surface area contributed by atoms with Crippen LogP contribution in [0.15, 0.2) is 42.6 Å². The van der Waals surface area contributed by atoms with Crippen molar-refractivity contribution in [3.8, 4) is 23.3 Å². The van der Waals surface area contributed by atoms with Crippen LogP contribution in [-0.4, -0.2) is 36.5 Å². The third kappa shape index (κ3) is 4.19. The number of nitrogens with zero attached hydrogens (tertiary/aromatic N) is 4. The van der Waals surface area contributed by atoms with Gasteiger partial charge in [-0.2, -0.15) is 15.3 Å². The van der Waals surface area contributed by atoms with Crippen LogP contribution in [0.4, 0.5) is 23.1 Å². The molecule has 0 radical (unpaired) electrons. The molecule has 1 heterocycles. The van der Waals surface area contributed by atoms with E-state index in [0.717, 1.165) is 5.69 Å². The lowest BCUT2D eigenvalue weighted by atomic mass is 10.2. The molecule has 142 valence electrons. The summed E-state index contributed by atoms with van der Waals surface area (Å²) in [6.45, 7) is 0. The first-order valence-electron chi connectivity index (χ1n) is 8.20. The second kappa shape index (κ2) is 8.55. The highest BCUT2D eigenvalue weighted by atomic mass is 16.5. The van der Waals surface area contributed by atoms with E-state index in [0.29, 0.717) is 40.3 Å². The minimum absolute atomic E-state index is 0.293. The summed E-state index contributed by atoms with van der Waals surface area (Å²) < 4.78 is 16.1. The zero-order valence-electron chi connectivity index (χ0n) is 15.6. The molecule has 0 saturated heterocycles. The predicted molar refractivity (Wildman–Crippen MR) is 104 cm³/mol. The minimum atomic E-state index is 0.293. The third-order valence-electron chi connectivity index (χ3n) is 3.80. The maximum Gasteiger partial charge on any atom is 0.249 e. The van der Waals surface area contributed by atoms with E-state index in [2.05, 4.69) is 31.9 Å². The monoisotopic (exact) mass is 378 g/mol. The predicted octanol–water partition coefficient (Wildman–Crippen LogP) is 3.26. The standard InChI is InChI=1S/C19H18N6O3/c1-26-14-8-15(27-2)18(16(9-14)28-3)23-17-11-21-25-19(24-17)22-13-6-4-12(10-20)5-7-13/h4-9,11H,1-3H3,(H2,22,23,24,25). The molecule has 0 atom stereocenters. The van der Waals surface area contributed by atoms with Crippen molar-refractivity contribution >= 4 is 23.1 Å². The average molecular weight is 378 g/mol. The molecule has 0 aliphatic heterocycles. The summed E-state index contributed by atoms with van der Waals surface area (Å²) in [5.74, 6) is 2.38. The van der Waals surface area contributed by atoms with Gasteiger partial charge in [0, 0.05) is 17.8 Å². The Bertz CT molecular complexity index is 976. The Kier molecular flexibility index (Phi) is 5.72. The molecule has 2 aromatic carbocycles. The molecule has 3 rings (SSSR count). The van der Waals surface area contributed by atoms with E-state index in [9.17, 15) is 0 Å². The van der Waals surface area contributed by atoms with Crippen LogP contribution in [0.5, 0.6) is 17.2 Å². The largest absolute Gasteiger partial charge is 0.496 e. The van der Waals surface area contributed by atoms with Gasteiger partial charge in [-0.15, -0.1) is 5.10 Å². The topological polar surface area (TPSA) is 114 Å². The van der Waals surface area contributed by atoms with E-state index in [1.165, 1.54) is 6.20 Å². The van der Waals surface area contributed by atoms with Gasteiger partial charge in [-0.1, -0.05) is 0 Å². The highest BCUT2D eigenvalue weighted by Gasteiger charge is 2.14. The number of rotatable bonds is 7. The average Bonchev–Trinajstić information content (AvgIpc) is 2.74. The molecule has 0 aliphatic carbocycles. The molecule has 0 saturated carbocycles. The van der Waals surface area contributed by atoms with Gasteiger partial charge in [0.05, 0.1) is 39.2 Å². The fourth-order valence-electron chi connectivity index (χ4n) is 2.43. The quantitative estimate of drug-likeness (QED) is 0.639. The van der Waals surface area contributed by atoms with E-state index in [-0.39, 0.29) is 0 Å². The first kappa shape index (κ1) is 18.7. The second-order valence-corrected chi connectivity index (χ2v) is 5.51. The van der Waals surface area contributed by atoms with E-state index in [4.69, 9.17) is 19.5 Å². The second-order valence-electron chi connectivity index (χ2n) is 5.51. The number of nitrogens with one attached hydrogen (secondary N) is 2. The van der Waals surface area contributed by atoms with E-state index < -0.39 is 0 Å². The van der Waals surface area contributed by atoms with Crippen LogP contribution < -0.4 is 24.8 Å². The van der Waals surface area contributed by atoms with Crippen LogP contribution in [-0.2, 0) is 0 Å². The lowest BCUT2D eigenvalue weighted by molar-refractivity contribution is 0.378. The molecular formula is C19H18N6O3. The van der Waals surface area contributed by atoms with Gasteiger partial charge in [-0.25, -0.2) is 0 Å². The molecule has 28 heavy (non-hydrogen) atoms. The number of methoxy groups -OCH3 is 3. The number of nitriles is 1. The summed E-state index contributed by atoms with van der Waals surface area (Å²) in [5, 5.41) is 23.0. The van der Waals surface area contributed by atoms with Crippen LogP contribution in [0.3, 0.4) is 0 Å². The zero-order chi connectivity index (χ0) is 19.9. The third-order valence-corrected chi connectivity index (χ3v) is 3.80. The molecule has 2 N–H and O–H groups in total. The molecule has 3 aromatic rings. The van der Waals surface area contributed by atoms with Crippen molar-refractivity contribution < 1.29 is 14.2 Å². The van der Waals surface area contributed by atoms with Gasteiger partial charge in [0.25, 0.3) is 0 Å². The Balaban J connectivity index is 1.85. The molecule has 0 fully saturated rings. The van der Waals surface area contributed by atoms with Crippen LogP contribution in [0.25, 0.3) is 0 Å². The van der Waals surface area contributed by atoms with Crippen molar-refractivity contribution in [3.63, 3.8) is 0 Å².